The highest BCUT2D eigenvalue weighted by Crippen LogP contribution is 2.07. The van der Waals surface area contributed by atoms with Crippen LogP contribution in [0.3, 0.4) is 0 Å². The third-order valence-corrected chi connectivity index (χ3v) is 2.06. The highest BCUT2D eigenvalue weighted by Gasteiger charge is 2.18. The first kappa shape index (κ1) is 12.7. The van der Waals surface area contributed by atoms with Gasteiger partial charge in [-0.1, -0.05) is 25.1 Å². The number of halogens is 1. The van der Waals surface area contributed by atoms with Gasteiger partial charge in [0.05, 0.1) is 0 Å². The van der Waals surface area contributed by atoms with Gasteiger partial charge in [-0.2, -0.15) is 0 Å². The van der Waals surface area contributed by atoms with Gasteiger partial charge in [0.15, 0.2) is 0 Å². The molecule has 0 amide bonds. The maximum atomic E-state index is 13.6. The molecule has 2 N–H and O–H groups in total. The fourth-order valence-corrected chi connectivity index (χ4v) is 1.17. The van der Waals surface area contributed by atoms with Crippen molar-refractivity contribution in [2.24, 2.45) is 0 Å². The fourth-order valence-electron chi connectivity index (χ4n) is 1.17. The maximum Gasteiger partial charge on any atom is 0.491 e. The van der Waals surface area contributed by atoms with Gasteiger partial charge in [0.1, 0.15) is 12.4 Å². The van der Waals surface area contributed by atoms with Gasteiger partial charge >= 0.3 is 13.1 Å². The Balaban J connectivity index is 2.81. The zero-order valence-electron chi connectivity index (χ0n) is 8.81. The van der Waals surface area contributed by atoms with Crippen LogP contribution in [0.2, 0.25) is 0 Å². The maximum absolute atomic E-state index is 13.6. The molecule has 1 aromatic rings. The molecule has 4 nitrogen and oxygen atoms in total. The van der Waals surface area contributed by atoms with Gasteiger partial charge in [0.25, 0.3) is 0 Å². The average molecular weight is 226 g/mol. The molecule has 0 bridgehead atoms. The van der Waals surface area contributed by atoms with Gasteiger partial charge < -0.3 is 14.8 Å². The van der Waals surface area contributed by atoms with Gasteiger partial charge in [-0.05, 0) is 0 Å². The highest BCUT2D eigenvalue weighted by atomic mass is 19.1. The SMILES string of the molecule is CCC(=O)OCc1cccc(B(O)O)c1F. The molecule has 0 aromatic heterocycles. The summed E-state index contributed by atoms with van der Waals surface area (Å²) >= 11 is 0. The molecule has 0 saturated heterocycles. The lowest BCUT2D eigenvalue weighted by atomic mass is 9.79. The van der Waals surface area contributed by atoms with E-state index in [9.17, 15) is 9.18 Å². The van der Waals surface area contributed by atoms with Crippen molar-refractivity contribution >= 4 is 18.6 Å². The average Bonchev–Trinajstić information content (AvgIpc) is 2.26. The molecule has 1 rings (SSSR count). The molecule has 0 fully saturated rings. The lowest BCUT2D eigenvalue weighted by Gasteiger charge is -2.08. The van der Waals surface area contributed by atoms with Crippen molar-refractivity contribution in [3.63, 3.8) is 0 Å². The van der Waals surface area contributed by atoms with Gasteiger partial charge in [-0.3, -0.25) is 4.79 Å². The predicted molar refractivity (Wildman–Crippen MR) is 56.3 cm³/mol. The molecule has 0 saturated carbocycles. The molecule has 0 atom stereocenters. The summed E-state index contributed by atoms with van der Waals surface area (Å²) in [5.41, 5.74) is -0.113. The molecule has 16 heavy (non-hydrogen) atoms. The van der Waals surface area contributed by atoms with E-state index in [2.05, 4.69) is 0 Å². The van der Waals surface area contributed by atoms with Crippen LogP contribution in [0.4, 0.5) is 4.39 Å². The summed E-state index contributed by atoms with van der Waals surface area (Å²) in [5, 5.41) is 17.7. The number of esters is 1. The molecule has 0 heterocycles. The summed E-state index contributed by atoms with van der Waals surface area (Å²) in [6.07, 6.45) is 0.212. The second-order valence-corrected chi connectivity index (χ2v) is 3.21. The summed E-state index contributed by atoms with van der Waals surface area (Å²) in [6, 6.07) is 4.14. The molecule has 6 heteroatoms. The Morgan fingerprint density at radius 1 is 1.50 bits per heavy atom. The Bertz CT molecular complexity index is 381. The largest absolute Gasteiger partial charge is 0.491 e. The predicted octanol–water partition coefficient (Wildman–Crippen LogP) is -0.0413. The van der Waals surface area contributed by atoms with Gasteiger partial charge in [0, 0.05) is 17.4 Å². The molecule has 1 aromatic carbocycles. The smallest absolute Gasteiger partial charge is 0.461 e. The zero-order chi connectivity index (χ0) is 12.1. The lowest BCUT2D eigenvalue weighted by Crippen LogP contribution is -2.33. The Labute approximate surface area is 92.8 Å². The molecule has 0 unspecified atom stereocenters. The van der Waals surface area contributed by atoms with Crippen LogP contribution in [-0.4, -0.2) is 23.1 Å². The third-order valence-electron chi connectivity index (χ3n) is 2.06. The molecule has 0 spiro atoms. The van der Waals surface area contributed by atoms with Crippen LogP contribution in [0.1, 0.15) is 18.9 Å². The highest BCUT2D eigenvalue weighted by molar-refractivity contribution is 6.58. The van der Waals surface area contributed by atoms with Crippen LogP contribution in [-0.2, 0) is 16.1 Å². The van der Waals surface area contributed by atoms with E-state index in [0.717, 1.165) is 0 Å². The number of benzene rings is 1. The van der Waals surface area contributed by atoms with Gasteiger partial charge in [-0.25, -0.2) is 4.39 Å². The molecule has 0 aliphatic rings. The van der Waals surface area contributed by atoms with E-state index in [0.29, 0.717) is 0 Å². The van der Waals surface area contributed by atoms with E-state index in [1.54, 1.807) is 6.92 Å². The molecular weight excluding hydrogens is 214 g/mol. The number of rotatable bonds is 4. The van der Waals surface area contributed by atoms with Crippen molar-refractivity contribution in [2.45, 2.75) is 20.0 Å². The van der Waals surface area contributed by atoms with Crippen molar-refractivity contribution in [1.29, 1.82) is 0 Å². The van der Waals surface area contributed by atoms with Crippen molar-refractivity contribution in [3.05, 3.63) is 29.6 Å². The molecule has 0 aliphatic heterocycles. The van der Waals surface area contributed by atoms with Crippen LogP contribution < -0.4 is 5.46 Å². The van der Waals surface area contributed by atoms with Crippen molar-refractivity contribution in [1.82, 2.24) is 0 Å². The Kier molecular flexibility index (Phi) is 4.45. The van der Waals surface area contributed by atoms with E-state index in [-0.39, 0.29) is 24.1 Å². The zero-order valence-corrected chi connectivity index (χ0v) is 8.81. The number of carbonyl (C=O) groups excluding carboxylic acids is 1. The Hall–Kier alpha value is -1.40. The van der Waals surface area contributed by atoms with E-state index >= 15 is 0 Å². The van der Waals surface area contributed by atoms with Crippen molar-refractivity contribution in [3.8, 4) is 0 Å². The van der Waals surface area contributed by atoms with Crippen LogP contribution >= 0.6 is 0 Å². The van der Waals surface area contributed by atoms with Crippen LogP contribution in [0.25, 0.3) is 0 Å². The molecule has 86 valence electrons. The minimum atomic E-state index is -1.87. The van der Waals surface area contributed by atoms with Crippen LogP contribution in [0.5, 0.6) is 0 Å². The minimum absolute atomic E-state index is 0.118. The summed E-state index contributed by atoms with van der Waals surface area (Å²) in [7, 11) is -1.87. The summed E-state index contributed by atoms with van der Waals surface area (Å²) in [4.78, 5) is 10.9. The monoisotopic (exact) mass is 226 g/mol. The molecular formula is C10H12BFO4. The second kappa shape index (κ2) is 5.62. The van der Waals surface area contributed by atoms with Gasteiger partial charge in [-0.15, -0.1) is 0 Å². The van der Waals surface area contributed by atoms with Gasteiger partial charge in [0.2, 0.25) is 0 Å². The third kappa shape index (κ3) is 3.05. The first-order valence-corrected chi connectivity index (χ1v) is 4.85. The van der Waals surface area contributed by atoms with E-state index in [4.69, 9.17) is 14.8 Å². The first-order valence-electron chi connectivity index (χ1n) is 4.85. The Morgan fingerprint density at radius 2 is 2.19 bits per heavy atom. The fraction of sp³-hybridized carbons (Fsp3) is 0.300. The topological polar surface area (TPSA) is 66.8 Å². The van der Waals surface area contributed by atoms with Crippen LogP contribution in [0, 0.1) is 5.82 Å². The lowest BCUT2D eigenvalue weighted by molar-refractivity contribution is -0.144. The first-order chi connectivity index (χ1) is 7.56. The quantitative estimate of drug-likeness (QED) is 0.558. The van der Waals surface area contributed by atoms with Crippen molar-refractivity contribution in [2.75, 3.05) is 0 Å². The number of hydrogen-bond acceptors (Lipinski definition) is 4. The Morgan fingerprint density at radius 3 is 2.75 bits per heavy atom. The van der Waals surface area contributed by atoms with Crippen LogP contribution in [0.15, 0.2) is 18.2 Å². The standard InChI is InChI=1S/C10H12BFO4/c1-2-9(13)16-6-7-4-3-5-8(10(7)12)11(14)15/h3-5,14-15H,2,6H2,1H3. The second-order valence-electron chi connectivity index (χ2n) is 3.21. The van der Waals surface area contributed by atoms with E-state index < -0.39 is 18.9 Å². The summed E-state index contributed by atoms with van der Waals surface area (Å²) in [5.74, 6) is -1.20. The number of ether oxygens (including phenoxy) is 1. The normalized spacial score (nSPS) is 10.0. The van der Waals surface area contributed by atoms with E-state index in [1.165, 1.54) is 18.2 Å². The number of hydrogen-bond donors (Lipinski definition) is 2. The summed E-state index contributed by atoms with van der Waals surface area (Å²) in [6.45, 7) is 1.42. The number of carbonyl (C=O) groups is 1. The molecule has 0 aliphatic carbocycles. The van der Waals surface area contributed by atoms with Crippen molar-refractivity contribution < 1.29 is 24.0 Å². The van der Waals surface area contributed by atoms with E-state index in [1.807, 2.05) is 0 Å². The molecule has 0 radical (unpaired) electrons. The minimum Gasteiger partial charge on any atom is -0.461 e. The summed E-state index contributed by atoms with van der Waals surface area (Å²) < 4.78 is 18.3.